The van der Waals surface area contributed by atoms with Gasteiger partial charge in [-0.25, -0.2) is 8.42 Å². The van der Waals surface area contributed by atoms with E-state index in [4.69, 9.17) is 27.9 Å². The van der Waals surface area contributed by atoms with Gasteiger partial charge in [0.15, 0.2) is 0 Å². The number of rotatable bonds is 14. The fourth-order valence-corrected chi connectivity index (χ4v) is 7.96. The molecule has 4 aromatic rings. The van der Waals surface area contributed by atoms with Gasteiger partial charge in [-0.2, -0.15) is 0 Å². The smallest absolute Gasteiger partial charge is 0.264 e. The van der Waals surface area contributed by atoms with E-state index in [0.717, 1.165) is 42.0 Å². The number of carbonyl (C=O) groups is 2. The van der Waals surface area contributed by atoms with Gasteiger partial charge >= 0.3 is 0 Å². The van der Waals surface area contributed by atoms with Gasteiger partial charge in [0, 0.05) is 29.1 Å². The molecule has 1 saturated carbocycles. The molecule has 1 fully saturated rings. The first-order valence-corrected chi connectivity index (χ1v) is 18.7. The number of anilines is 1. The van der Waals surface area contributed by atoms with Crippen LogP contribution in [0, 0.1) is 0 Å². The van der Waals surface area contributed by atoms with E-state index in [1.54, 1.807) is 60.7 Å². The Balaban J connectivity index is 1.57. The molecule has 0 heterocycles. The second-order valence-electron chi connectivity index (χ2n) is 12.1. The van der Waals surface area contributed by atoms with Crippen LogP contribution >= 0.6 is 23.2 Å². The van der Waals surface area contributed by atoms with Gasteiger partial charge in [-0.15, -0.1) is 0 Å². The van der Waals surface area contributed by atoms with Crippen molar-refractivity contribution < 1.29 is 22.7 Å². The standard InChI is InChI=1S/C38H41Cl2N3O5S/c1-2-48-33-22-20-32(21-23-33)43(49(46,47)34-16-10-5-11-17-34)27-37(44)42(26-29-18-19-30(39)25-35(29)40)36(24-28-12-6-3-7-13-28)38(45)41-31-14-8-4-9-15-31/h3,5-7,10-13,16-23,25,31,36H,2,4,8-9,14-15,24,26-27H2,1H3,(H,41,45). The van der Waals surface area contributed by atoms with Crippen LogP contribution in [-0.2, 0) is 32.6 Å². The molecule has 1 unspecified atom stereocenters. The first-order valence-electron chi connectivity index (χ1n) is 16.5. The molecule has 0 saturated heterocycles. The Morgan fingerprint density at radius 2 is 1.53 bits per heavy atom. The molecule has 1 N–H and O–H groups in total. The summed E-state index contributed by atoms with van der Waals surface area (Å²) in [6.45, 7) is 1.68. The molecule has 11 heteroatoms. The summed E-state index contributed by atoms with van der Waals surface area (Å²) < 4.78 is 35.1. The van der Waals surface area contributed by atoms with Gasteiger partial charge < -0.3 is 15.0 Å². The average Bonchev–Trinajstić information content (AvgIpc) is 3.11. The van der Waals surface area contributed by atoms with E-state index in [9.17, 15) is 18.0 Å². The number of hydrogen-bond acceptors (Lipinski definition) is 5. The molecule has 258 valence electrons. The molecule has 49 heavy (non-hydrogen) atoms. The predicted molar refractivity (Wildman–Crippen MR) is 195 cm³/mol. The molecule has 4 aromatic carbocycles. The predicted octanol–water partition coefficient (Wildman–Crippen LogP) is 7.68. The number of carbonyl (C=O) groups excluding carboxylic acids is 2. The van der Waals surface area contributed by atoms with E-state index < -0.39 is 28.5 Å². The summed E-state index contributed by atoms with van der Waals surface area (Å²) in [6, 6.07) is 28.0. The third-order valence-corrected chi connectivity index (χ3v) is 11.0. The summed E-state index contributed by atoms with van der Waals surface area (Å²) in [5.41, 5.74) is 1.70. The monoisotopic (exact) mass is 721 g/mol. The summed E-state index contributed by atoms with van der Waals surface area (Å²) in [5, 5.41) is 3.97. The molecule has 5 rings (SSSR count). The van der Waals surface area contributed by atoms with Crippen molar-refractivity contribution >= 4 is 50.7 Å². The molecule has 2 amide bonds. The van der Waals surface area contributed by atoms with Crippen LogP contribution in [0.5, 0.6) is 5.75 Å². The second kappa shape index (κ2) is 17.1. The summed E-state index contributed by atoms with van der Waals surface area (Å²) in [6.07, 6.45) is 5.10. The van der Waals surface area contributed by atoms with E-state index in [2.05, 4.69) is 5.32 Å². The first-order chi connectivity index (χ1) is 23.7. The summed E-state index contributed by atoms with van der Waals surface area (Å²) >= 11 is 12.8. The quantitative estimate of drug-likeness (QED) is 0.144. The number of halogens is 2. The van der Waals surface area contributed by atoms with Crippen molar-refractivity contribution in [2.24, 2.45) is 0 Å². The topological polar surface area (TPSA) is 96.0 Å². The minimum Gasteiger partial charge on any atom is -0.494 e. The number of hydrogen-bond donors (Lipinski definition) is 1. The highest BCUT2D eigenvalue weighted by Gasteiger charge is 2.35. The zero-order valence-electron chi connectivity index (χ0n) is 27.4. The summed E-state index contributed by atoms with van der Waals surface area (Å²) in [4.78, 5) is 30.5. The Bertz CT molecular complexity index is 1800. The first kappa shape index (κ1) is 36.2. The molecular formula is C38H41Cl2N3O5S. The molecule has 0 radical (unpaired) electrons. The van der Waals surface area contributed by atoms with Crippen LogP contribution in [0.1, 0.15) is 50.2 Å². The number of ether oxygens (including phenoxy) is 1. The van der Waals surface area contributed by atoms with Crippen molar-refractivity contribution in [3.8, 4) is 5.75 Å². The lowest BCUT2D eigenvalue weighted by Crippen LogP contribution is -2.55. The zero-order valence-corrected chi connectivity index (χ0v) is 29.8. The second-order valence-corrected chi connectivity index (χ2v) is 14.8. The largest absolute Gasteiger partial charge is 0.494 e. The van der Waals surface area contributed by atoms with Crippen molar-refractivity contribution in [3.63, 3.8) is 0 Å². The average molecular weight is 723 g/mol. The van der Waals surface area contributed by atoms with E-state index >= 15 is 0 Å². The Hall–Kier alpha value is -4.05. The van der Waals surface area contributed by atoms with Gasteiger partial charge in [-0.3, -0.25) is 13.9 Å². The van der Waals surface area contributed by atoms with Crippen molar-refractivity contribution in [1.82, 2.24) is 10.2 Å². The normalized spacial score (nSPS) is 14.1. The maximum atomic E-state index is 14.7. The molecule has 0 spiro atoms. The Morgan fingerprint density at radius 1 is 0.878 bits per heavy atom. The van der Waals surface area contributed by atoms with Crippen LogP contribution in [0.4, 0.5) is 5.69 Å². The lowest BCUT2D eigenvalue weighted by Gasteiger charge is -2.35. The fraction of sp³-hybridized carbons (Fsp3) is 0.316. The highest BCUT2D eigenvalue weighted by molar-refractivity contribution is 7.92. The SMILES string of the molecule is CCOc1ccc(N(CC(=O)N(Cc2ccc(Cl)cc2Cl)C(Cc2ccccc2)C(=O)NC2CCCCC2)S(=O)(=O)c2ccccc2)cc1. The minimum atomic E-state index is -4.22. The molecule has 0 aromatic heterocycles. The molecule has 1 aliphatic carbocycles. The van der Waals surface area contributed by atoms with E-state index in [-0.39, 0.29) is 35.5 Å². The Labute approximate surface area is 299 Å². The summed E-state index contributed by atoms with van der Waals surface area (Å²) in [7, 11) is -4.22. The van der Waals surface area contributed by atoms with Gasteiger partial charge in [0.25, 0.3) is 10.0 Å². The Kier molecular flexibility index (Phi) is 12.6. The molecule has 1 atom stereocenters. The number of amides is 2. The van der Waals surface area contributed by atoms with Crippen molar-refractivity contribution in [2.45, 2.75) is 69.0 Å². The third-order valence-electron chi connectivity index (χ3n) is 8.62. The van der Waals surface area contributed by atoms with Gasteiger partial charge in [0.2, 0.25) is 11.8 Å². The van der Waals surface area contributed by atoms with Gasteiger partial charge in [0.05, 0.1) is 17.2 Å². The van der Waals surface area contributed by atoms with E-state index in [0.29, 0.717) is 28.0 Å². The van der Waals surface area contributed by atoms with Crippen LogP contribution in [-0.4, -0.2) is 50.4 Å². The molecule has 1 aliphatic rings. The summed E-state index contributed by atoms with van der Waals surface area (Å²) in [5.74, 6) is -0.303. The number of sulfonamides is 1. The minimum absolute atomic E-state index is 0.00518. The number of nitrogens with one attached hydrogen (secondary N) is 1. The van der Waals surface area contributed by atoms with Crippen LogP contribution in [0.15, 0.2) is 108 Å². The maximum absolute atomic E-state index is 14.7. The molecule has 0 aliphatic heterocycles. The zero-order chi connectivity index (χ0) is 34.8. The van der Waals surface area contributed by atoms with Gasteiger partial charge in [-0.05, 0) is 79.4 Å². The highest BCUT2D eigenvalue weighted by Crippen LogP contribution is 2.29. The molecule has 8 nitrogen and oxygen atoms in total. The van der Waals surface area contributed by atoms with E-state index in [1.807, 2.05) is 37.3 Å². The number of nitrogens with zero attached hydrogens (tertiary/aromatic N) is 2. The van der Waals surface area contributed by atoms with Gasteiger partial charge in [-0.1, -0.05) is 97.1 Å². The maximum Gasteiger partial charge on any atom is 0.264 e. The molecular weight excluding hydrogens is 681 g/mol. The van der Waals surface area contributed by atoms with Crippen LogP contribution in [0.2, 0.25) is 10.0 Å². The lowest BCUT2D eigenvalue weighted by atomic mass is 9.94. The van der Waals surface area contributed by atoms with Crippen LogP contribution < -0.4 is 14.4 Å². The fourth-order valence-electron chi connectivity index (χ4n) is 6.06. The van der Waals surface area contributed by atoms with Crippen molar-refractivity contribution in [1.29, 1.82) is 0 Å². The van der Waals surface area contributed by atoms with Crippen molar-refractivity contribution in [3.05, 3.63) is 124 Å². The molecule has 0 bridgehead atoms. The van der Waals surface area contributed by atoms with Gasteiger partial charge in [0.1, 0.15) is 18.3 Å². The van der Waals surface area contributed by atoms with Crippen LogP contribution in [0.3, 0.4) is 0 Å². The highest BCUT2D eigenvalue weighted by atomic mass is 35.5. The Morgan fingerprint density at radius 3 is 2.16 bits per heavy atom. The number of benzene rings is 4. The van der Waals surface area contributed by atoms with Crippen molar-refractivity contribution in [2.75, 3.05) is 17.5 Å². The lowest BCUT2D eigenvalue weighted by molar-refractivity contribution is -0.140. The van der Waals surface area contributed by atoms with Crippen LogP contribution in [0.25, 0.3) is 0 Å². The third kappa shape index (κ3) is 9.56. The van der Waals surface area contributed by atoms with E-state index in [1.165, 1.54) is 17.0 Å².